The molecule has 94 valence electrons. The monoisotopic (exact) mass is 237 g/mol. The molecule has 0 aliphatic heterocycles. The van der Waals surface area contributed by atoms with E-state index in [1.807, 2.05) is 12.1 Å². The first-order chi connectivity index (χ1) is 8.27. The summed E-state index contributed by atoms with van der Waals surface area (Å²) in [5, 5.41) is 5.89. The predicted octanol–water partition coefficient (Wildman–Crippen LogP) is 0.433. The van der Waals surface area contributed by atoms with Crippen LogP contribution in [0.25, 0.3) is 0 Å². The van der Waals surface area contributed by atoms with Crippen molar-refractivity contribution in [2.24, 2.45) is 5.73 Å². The van der Waals surface area contributed by atoms with Crippen LogP contribution in [0.15, 0.2) is 24.3 Å². The van der Waals surface area contributed by atoms with Crippen LogP contribution in [-0.4, -0.2) is 39.3 Å². The number of hydrogen-bond acceptors (Lipinski definition) is 4. The molecule has 0 fully saturated rings. The second kappa shape index (κ2) is 7.65. The predicted molar refractivity (Wildman–Crippen MR) is 68.2 cm³/mol. The summed E-state index contributed by atoms with van der Waals surface area (Å²) in [6.07, 6.45) is 0. The molecule has 1 rings (SSSR count). The van der Waals surface area contributed by atoms with E-state index in [0.717, 1.165) is 12.2 Å². The third-order valence-electron chi connectivity index (χ3n) is 2.21. The Kier molecular flexibility index (Phi) is 6.06. The molecule has 4 N–H and O–H groups in total. The van der Waals surface area contributed by atoms with Crippen LogP contribution in [0.2, 0.25) is 0 Å². The number of methoxy groups -OCH3 is 1. The van der Waals surface area contributed by atoms with Crippen LogP contribution in [0.3, 0.4) is 0 Å². The summed E-state index contributed by atoms with van der Waals surface area (Å²) in [7, 11) is 1.66. The number of hydrogen-bond donors (Lipinski definition) is 3. The highest BCUT2D eigenvalue weighted by Gasteiger charge is 2.03. The van der Waals surface area contributed by atoms with Gasteiger partial charge in [0.15, 0.2) is 0 Å². The van der Waals surface area contributed by atoms with Gasteiger partial charge in [-0.05, 0) is 24.3 Å². The second-order valence-electron chi connectivity index (χ2n) is 3.54. The van der Waals surface area contributed by atoms with Crippen LogP contribution in [0, 0.1) is 0 Å². The summed E-state index contributed by atoms with van der Waals surface area (Å²) in [6.45, 7) is 2.34. The molecule has 0 aromatic heterocycles. The molecule has 0 aliphatic carbocycles. The topological polar surface area (TPSA) is 76.4 Å². The zero-order valence-electron chi connectivity index (χ0n) is 10.0. The highest BCUT2D eigenvalue weighted by molar-refractivity contribution is 5.94. The van der Waals surface area contributed by atoms with Crippen molar-refractivity contribution in [1.82, 2.24) is 5.32 Å². The maximum atomic E-state index is 11.6. The maximum Gasteiger partial charge on any atom is 0.251 e. The molecular weight excluding hydrogens is 218 g/mol. The molecule has 17 heavy (non-hydrogen) atoms. The summed E-state index contributed by atoms with van der Waals surface area (Å²) in [4.78, 5) is 11.6. The highest BCUT2D eigenvalue weighted by Crippen LogP contribution is 2.08. The summed E-state index contributed by atoms with van der Waals surface area (Å²) >= 11 is 0. The Morgan fingerprint density at radius 1 is 1.29 bits per heavy atom. The first kappa shape index (κ1) is 13.5. The van der Waals surface area contributed by atoms with E-state index in [4.69, 9.17) is 10.5 Å². The fourth-order valence-corrected chi connectivity index (χ4v) is 1.32. The van der Waals surface area contributed by atoms with Crippen LogP contribution in [-0.2, 0) is 4.74 Å². The number of anilines is 1. The number of rotatable bonds is 7. The maximum absolute atomic E-state index is 11.6. The lowest BCUT2D eigenvalue weighted by atomic mass is 10.2. The van der Waals surface area contributed by atoms with Crippen molar-refractivity contribution < 1.29 is 9.53 Å². The third-order valence-corrected chi connectivity index (χ3v) is 2.21. The van der Waals surface area contributed by atoms with Crippen LogP contribution >= 0.6 is 0 Å². The Morgan fingerprint density at radius 3 is 2.59 bits per heavy atom. The van der Waals surface area contributed by atoms with Gasteiger partial charge >= 0.3 is 0 Å². The van der Waals surface area contributed by atoms with Crippen LogP contribution in [0.1, 0.15) is 10.4 Å². The summed E-state index contributed by atoms with van der Waals surface area (Å²) in [6, 6.07) is 7.29. The zero-order valence-corrected chi connectivity index (χ0v) is 10.0. The van der Waals surface area contributed by atoms with E-state index in [0.29, 0.717) is 25.3 Å². The number of nitrogens with two attached hydrogens (primary N) is 1. The van der Waals surface area contributed by atoms with Crippen molar-refractivity contribution in [2.75, 3.05) is 38.7 Å². The fourth-order valence-electron chi connectivity index (χ4n) is 1.32. The lowest BCUT2D eigenvalue weighted by Crippen LogP contribution is -2.28. The molecule has 5 nitrogen and oxygen atoms in total. The molecular formula is C12H19N3O2. The Balaban J connectivity index is 2.46. The lowest BCUT2D eigenvalue weighted by molar-refractivity contribution is 0.0955. The van der Waals surface area contributed by atoms with Crippen molar-refractivity contribution in [1.29, 1.82) is 0 Å². The molecule has 0 radical (unpaired) electrons. The Hall–Kier alpha value is -1.59. The molecule has 0 unspecified atom stereocenters. The Labute approximate surface area is 101 Å². The van der Waals surface area contributed by atoms with Gasteiger partial charge in [-0.1, -0.05) is 0 Å². The average Bonchev–Trinajstić information content (AvgIpc) is 2.37. The Morgan fingerprint density at radius 2 is 2.00 bits per heavy atom. The summed E-state index contributed by atoms with van der Waals surface area (Å²) in [5.74, 6) is -0.0982. The summed E-state index contributed by atoms with van der Waals surface area (Å²) < 4.78 is 4.93. The van der Waals surface area contributed by atoms with Gasteiger partial charge in [0, 0.05) is 38.0 Å². The normalized spacial score (nSPS) is 10.0. The van der Waals surface area contributed by atoms with Gasteiger partial charge in [0.1, 0.15) is 0 Å². The van der Waals surface area contributed by atoms with E-state index < -0.39 is 0 Å². The SMILES string of the molecule is COCCNc1ccc(C(=O)NCCN)cc1. The smallest absolute Gasteiger partial charge is 0.251 e. The first-order valence-electron chi connectivity index (χ1n) is 5.59. The number of benzene rings is 1. The lowest BCUT2D eigenvalue weighted by Gasteiger charge is -2.07. The molecule has 1 amide bonds. The highest BCUT2D eigenvalue weighted by atomic mass is 16.5. The minimum atomic E-state index is -0.0982. The van der Waals surface area contributed by atoms with Gasteiger partial charge in [-0.3, -0.25) is 4.79 Å². The van der Waals surface area contributed by atoms with Crippen molar-refractivity contribution in [3.8, 4) is 0 Å². The standard InChI is InChI=1S/C12H19N3O2/c1-17-9-8-14-11-4-2-10(3-5-11)12(16)15-7-6-13/h2-5,14H,6-9,13H2,1H3,(H,15,16). The van der Waals surface area contributed by atoms with Crippen LogP contribution in [0.4, 0.5) is 5.69 Å². The number of amides is 1. The fraction of sp³-hybridized carbons (Fsp3) is 0.417. The minimum absolute atomic E-state index is 0.0982. The van der Waals surface area contributed by atoms with Crippen LogP contribution < -0.4 is 16.4 Å². The van der Waals surface area contributed by atoms with E-state index in [2.05, 4.69) is 10.6 Å². The van der Waals surface area contributed by atoms with Gasteiger partial charge in [0.25, 0.3) is 5.91 Å². The first-order valence-corrected chi connectivity index (χ1v) is 5.59. The second-order valence-corrected chi connectivity index (χ2v) is 3.54. The summed E-state index contributed by atoms with van der Waals surface area (Å²) in [5.41, 5.74) is 6.92. The quantitative estimate of drug-likeness (QED) is 0.601. The molecule has 1 aromatic rings. The average molecular weight is 237 g/mol. The van der Waals surface area contributed by atoms with Crippen molar-refractivity contribution >= 4 is 11.6 Å². The molecule has 1 aromatic carbocycles. The number of nitrogens with one attached hydrogen (secondary N) is 2. The van der Waals surface area contributed by atoms with Gasteiger partial charge in [-0.2, -0.15) is 0 Å². The third kappa shape index (κ3) is 4.84. The molecule has 0 aliphatic rings. The molecule has 0 atom stereocenters. The zero-order chi connectivity index (χ0) is 12.5. The molecule has 0 bridgehead atoms. The number of carbonyl (C=O) groups excluding carboxylic acids is 1. The van der Waals surface area contributed by atoms with E-state index in [9.17, 15) is 4.79 Å². The van der Waals surface area contributed by atoms with E-state index >= 15 is 0 Å². The van der Waals surface area contributed by atoms with Crippen molar-refractivity contribution in [2.45, 2.75) is 0 Å². The van der Waals surface area contributed by atoms with Gasteiger partial charge in [-0.25, -0.2) is 0 Å². The largest absolute Gasteiger partial charge is 0.383 e. The van der Waals surface area contributed by atoms with Gasteiger partial charge in [0.2, 0.25) is 0 Å². The van der Waals surface area contributed by atoms with Crippen LogP contribution in [0.5, 0.6) is 0 Å². The number of ether oxygens (including phenoxy) is 1. The van der Waals surface area contributed by atoms with E-state index in [-0.39, 0.29) is 5.91 Å². The van der Waals surface area contributed by atoms with Gasteiger partial charge in [0.05, 0.1) is 6.61 Å². The molecule has 0 saturated heterocycles. The van der Waals surface area contributed by atoms with Crippen molar-refractivity contribution in [3.63, 3.8) is 0 Å². The Bertz CT molecular complexity index is 338. The van der Waals surface area contributed by atoms with E-state index in [1.165, 1.54) is 0 Å². The molecule has 0 heterocycles. The van der Waals surface area contributed by atoms with Crippen molar-refractivity contribution in [3.05, 3.63) is 29.8 Å². The van der Waals surface area contributed by atoms with Gasteiger partial charge in [-0.15, -0.1) is 0 Å². The molecule has 0 spiro atoms. The molecule has 5 heteroatoms. The van der Waals surface area contributed by atoms with E-state index in [1.54, 1.807) is 19.2 Å². The number of carbonyl (C=O) groups is 1. The van der Waals surface area contributed by atoms with Gasteiger partial charge < -0.3 is 21.1 Å². The minimum Gasteiger partial charge on any atom is -0.383 e. The molecule has 0 saturated carbocycles.